The summed E-state index contributed by atoms with van der Waals surface area (Å²) in [4.78, 5) is 30.8. The van der Waals surface area contributed by atoms with Crippen molar-refractivity contribution in [2.45, 2.75) is 55.6 Å². The van der Waals surface area contributed by atoms with Crippen molar-refractivity contribution in [3.05, 3.63) is 120 Å². The number of rotatable bonds is 15. The number of para-hydroxylation sites is 2. The van der Waals surface area contributed by atoms with Gasteiger partial charge in [0, 0.05) is 23.9 Å². The summed E-state index contributed by atoms with van der Waals surface area (Å²) in [6, 6.07) is 31.1. The molecule has 0 aliphatic heterocycles. The minimum Gasteiger partial charge on any atom is -0.492 e. The minimum atomic E-state index is -4.25. The maximum atomic E-state index is 14.6. The lowest BCUT2D eigenvalue weighted by molar-refractivity contribution is -0.140. The number of benzene rings is 4. The van der Waals surface area contributed by atoms with Crippen molar-refractivity contribution in [1.29, 1.82) is 0 Å². The first-order valence-electron chi connectivity index (χ1n) is 15.2. The Morgan fingerprint density at radius 3 is 2.00 bits per heavy atom. The van der Waals surface area contributed by atoms with E-state index in [2.05, 4.69) is 5.32 Å². The largest absolute Gasteiger partial charge is 0.492 e. The Hall–Kier alpha value is -4.28. The molecule has 0 saturated carbocycles. The average molecular weight is 660 g/mol. The van der Waals surface area contributed by atoms with E-state index < -0.39 is 28.5 Å². The summed E-state index contributed by atoms with van der Waals surface area (Å²) in [5.41, 5.74) is 1.91. The number of sulfonamides is 1. The van der Waals surface area contributed by atoms with Gasteiger partial charge in [-0.1, -0.05) is 72.8 Å². The lowest BCUT2D eigenvalue weighted by Crippen LogP contribution is -2.54. The standard InChI is InChI=1S/C36H41N3O5S2/c1-5-44-34-19-13-12-18-32(34)39(46(42,43)31-22-20-30(45-4)21-23-31)26-35(40)38(25-29-16-10-7-11-17-29)33(36(41)37-27(2)3)24-28-14-8-6-9-15-28/h6-23,27,33H,5,24-26H2,1-4H3,(H,37,41)/t33-/m1/s1. The van der Waals surface area contributed by atoms with Gasteiger partial charge in [0.05, 0.1) is 17.2 Å². The molecule has 4 aromatic rings. The third kappa shape index (κ3) is 8.92. The predicted octanol–water partition coefficient (Wildman–Crippen LogP) is 6.17. The molecule has 46 heavy (non-hydrogen) atoms. The molecule has 10 heteroatoms. The summed E-state index contributed by atoms with van der Waals surface area (Å²) in [5, 5.41) is 2.98. The first kappa shape index (κ1) is 34.6. The quantitative estimate of drug-likeness (QED) is 0.154. The third-order valence-electron chi connectivity index (χ3n) is 7.26. The molecule has 0 bridgehead atoms. The number of nitrogens with one attached hydrogen (secondary N) is 1. The van der Waals surface area contributed by atoms with Crippen LogP contribution in [0, 0.1) is 0 Å². The van der Waals surface area contributed by atoms with Crippen molar-refractivity contribution in [2.75, 3.05) is 23.7 Å². The van der Waals surface area contributed by atoms with E-state index in [1.165, 1.54) is 28.8 Å². The molecule has 0 aliphatic carbocycles. The molecular weight excluding hydrogens is 619 g/mol. The predicted molar refractivity (Wildman–Crippen MR) is 185 cm³/mol. The topological polar surface area (TPSA) is 96.0 Å². The van der Waals surface area contributed by atoms with Crippen molar-refractivity contribution in [3.8, 4) is 5.75 Å². The minimum absolute atomic E-state index is 0.0393. The Morgan fingerprint density at radius 2 is 1.41 bits per heavy atom. The molecule has 0 radical (unpaired) electrons. The van der Waals surface area contributed by atoms with Crippen LogP contribution in [0.25, 0.3) is 0 Å². The fourth-order valence-corrected chi connectivity index (χ4v) is 6.88. The highest BCUT2D eigenvalue weighted by Crippen LogP contribution is 2.33. The lowest BCUT2D eigenvalue weighted by Gasteiger charge is -2.34. The number of hydrogen-bond donors (Lipinski definition) is 1. The fourth-order valence-electron chi connectivity index (χ4n) is 5.04. The molecule has 4 rings (SSSR count). The van der Waals surface area contributed by atoms with E-state index in [4.69, 9.17) is 4.74 Å². The summed E-state index contributed by atoms with van der Waals surface area (Å²) in [6.45, 7) is 5.39. The van der Waals surface area contributed by atoms with Crippen LogP contribution in [0.3, 0.4) is 0 Å². The van der Waals surface area contributed by atoms with Crippen molar-refractivity contribution >= 4 is 39.3 Å². The number of hydrogen-bond acceptors (Lipinski definition) is 6. The Morgan fingerprint density at radius 1 is 0.826 bits per heavy atom. The van der Waals surface area contributed by atoms with Crippen LogP contribution in [0.15, 0.2) is 119 Å². The summed E-state index contributed by atoms with van der Waals surface area (Å²) in [6.07, 6.45) is 2.16. The van der Waals surface area contributed by atoms with E-state index >= 15 is 0 Å². The zero-order chi connectivity index (χ0) is 33.1. The highest BCUT2D eigenvalue weighted by atomic mass is 32.2. The molecule has 4 aromatic carbocycles. The zero-order valence-electron chi connectivity index (χ0n) is 26.6. The Balaban J connectivity index is 1.83. The first-order valence-corrected chi connectivity index (χ1v) is 17.9. The molecule has 1 N–H and O–H groups in total. The van der Waals surface area contributed by atoms with Gasteiger partial charge in [0.1, 0.15) is 18.3 Å². The number of nitrogens with zero attached hydrogens (tertiary/aromatic N) is 2. The van der Waals surface area contributed by atoms with Crippen LogP contribution in [0.4, 0.5) is 5.69 Å². The number of amides is 2. The fraction of sp³-hybridized carbons (Fsp3) is 0.278. The summed E-state index contributed by atoms with van der Waals surface area (Å²) in [5.74, 6) is -0.519. The molecule has 0 heterocycles. The normalized spacial score (nSPS) is 11.9. The average Bonchev–Trinajstić information content (AvgIpc) is 3.06. The number of thioether (sulfide) groups is 1. The van der Waals surface area contributed by atoms with E-state index in [9.17, 15) is 18.0 Å². The second-order valence-electron chi connectivity index (χ2n) is 11.0. The second-order valence-corrected chi connectivity index (χ2v) is 13.7. The van der Waals surface area contributed by atoms with Gasteiger partial charge in [-0.25, -0.2) is 8.42 Å². The van der Waals surface area contributed by atoms with Crippen LogP contribution in [-0.4, -0.2) is 56.6 Å². The second kappa shape index (κ2) is 16.3. The molecule has 1 atom stereocenters. The molecule has 0 fully saturated rings. The van der Waals surface area contributed by atoms with Crippen molar-refractivity contribution < 1.29 is 22.7 Å². The van der Waals surface area contributed by atoms with E-state index in [1.807, 2.05) is 87.7 Å². The number of carbonyl (C=O) groups excluding carboxylic acids is 2. The molecule has 242 valence electrons. The molecule has 0 saturated heterocycles. The summed E-state index contributed by atoms with van der Waals surface area (Å²) in [7, 11) is -4.25. The van der Waals surface area contributed by atoms with Crippen LogP contribution in [0.2, 0.25) is 0 Å². The Bertz CT molecular complexity index is 1680. The summed E-state index contributed by atoms with van der Waals surface area (Å²) >= 11 is 1.50. The lowest BCUT2D eigenvalue weighted by atomic mass is 10.0. The van der Waals surface area contributed by atoms with Gasteiger partial charge in [-0.2, -0.15) is 0 Å². The van der Waals surface area contributed by atoms with E-state index in [1.54, 1.807) is 36.4 Å². The maximum Gasteiger partial charge on any atom is 0.264 e. The van der Waals surface area contributed by atoms with Gasteiger partial charge < -0.3 is 15.0 Å². The summed E-state index contributed by atoms with van der Waals surface area (Å²) < 4.78 is 35.6. The smallest absolute Gasteiger partial charge is 0.264 e. The third-order valence-corrected chi connectivity index (χ3v) is 9.78. The molecular formula is C36H41N3O5S2. The molecule has 2 amide bonds. The van der Waals surface area contributed by atoms with E-state index in [0.29, 0.717) is 12.4 Å². The van der Waals surface area contributed by atoms with Gasteiger partial charge in [-0.05, 0) is 74.6 Å². The number of ether oxygens (including phenoxy) is 1. The van der Waals surface area contributed by atoms with Gasteiger partial charge >= 0.3 is 0 Å². The van der Waals surface area contributed by atoms with Crippen LogP contribution >= 0.6 is 11.8 Å². The molecule has 0 aromatic heterocycles. The van der Waals surface area contributed by atoms with Crippen LogP contribution in [0.1, 0.15) is 31.9 Å². The van der Waals surface area contributed by atoms with Gasteiger partial charge in [0.2, 0.25) is 11.8 Å². The number of carbonyl (C=O) groups is 2. The zero-order valence-corrected chi connectivity index (χ0v) is 28.3. The maximum absolute atomic E-state index is 14.6. The van der Waals surface area contributed by atoms with Gasteiger partial charge in [0.15, 0.2) is 0 Å². The van der Waals surface area contributed by atoms with Crippen LogP contribution < -0.4 is 14.4 Å². The highest BCUT2D eigenvalue weighted by Gasteiger charge is 2.35. The van der Waals surface area contributed by atoms with Crippen molar-refractivity contribution in [1.82, 2.24) is 10.2 Å². The van der Waals surface area contributed by atoms with Crippen molar-refractivity contribution in [2.24, 2.45) is 0 Å². The molecule has 0 unspecified atom stereocenters. The SMILES string of the molecule is CCOc1ccccc1N(CC(=O)N(Cc1ccccc1)[C@H](Cc1ccccc1)C(=O)NC(C)C)S(=O)(=O)c1ccc(SC)cc1. The highest BCUT2D eigenvalue weighted by molar-refractivity contribution is 7.98. The Kier molecular flexibility index (Phi) is 12.3. The van der Waals surface area contributed by atoms with Gasteiger partial charge in [-0.3, -0.25) is 13.9 Å². The van der Waals surface area contributed by atoms with Crippen LogP contribution in [-0.2, 0) is 32.6 Å². The molecule has 0 spiro atoms. The Labute approximate surface area is 276 Å². The van der Waals surface area contributed by atoms with Crippen LogP contribution in [0.5, 0.6) is 5.75 Å². The number of anilines is 1. The van der Waals surface area contributed by atoms with Gasteiger partial charge in [-0.15, -0.1) is 11.8 Å². The van der Waals surface area contributed by atoms with E-state index in [0.717, 1.165) is 20.3 Å². The molecule has 0 aliphatic rings. The monoisotopic (exact) mass is 659 g/mol. The van der Waals surface area contributed by atoms with Gasteiger partial charge in [0.25, 0.3) is 10.0 Å². The van der Waals surface area contributed by atoms with E-state index in [-0.39, 0.29) is 35.5 Å². The molecule has 8 nitrogen and oxygen atoms in total. The van der Waals surface area contributed by atoms with Crippen molar-refractivity contribution in [3.63, 3.8) is 0 Å². The first-order chi connectivity index (χ1) is 22.1.